The first kappa shape index (κ1) is 35.0. The highest BCUT2D eigenvalue weighted by Gasteiger charge is 2.29. The number of nitrogens with one attached hydrogen (secondary N) is 2. The van der Waals surface area contributed by atoms with E-state index in [1.54, 1.807) is 12.2 Å². The highest BCUT2D eigenvalue weighted by molar-refractivity contribution is 5.74. The summed E-state index contributed by atoms with van der Waals surface area (Å²) >= 11 is 0. The number of amides is 2. The molecule has 0 aliphatic carbocycles. The van der Waals surface area contributed by atoms with Crippen molar-refractivity contribution in [3.8, 4) is 11.5 Å². The van der Waals surface area contributed by atoms with Gasteiger partial charge >= 0.3 is 6.03 Å². The molecule has 0 saturated carbocycles. The zero-order valence-corrected chi connectivity index (χ0v) is 28.4. The first-order chi connectivity index (χ1) is 19.2. The molecule has 232 valence electrons. The second kappa shape index (κ2) is 13.4. The summed E-state index contributed by atoms with van der Waals surface area (Å²) in [5, 5.41) is 6.15. The zero-order valence-electron chi connectivity index (χ0n) is 28.4. The molecule has 0 atom stereocenters. The van der Waals surface area contributed by atoms with Crippen LogP contribution in [0.25, 0.3) is 0 Å². The van der Waals surface area contributed by atoms with Gasteiger partial charge in [-0.05, 0) is 57.1 Å². The summed E-state index contributed by atoms with van der Waals surface area (Å²) in [6.07, 6.45) is 3.55. The first-order valence-corrected chi connectivity index (χ1v) is 15.0. The van der Waals surface area contributed by atoms with Gasteiger partial charge in [-0.1, -0.05) is 108 Å². The second-order valence-corrected chi connectivity index (χ2v) is 15.3. The second-order valence-electron chi connectivity index (χ2n) is 15.3. The summed E-state index contributed by atoms with van der Waals surface area (Å²) in [7, 11) is 0. The van der Waals surface area contributed by atoms with E-state index in [0.29, 0.717) is 26.3 Å². The van der Waals surface area contributed by atoms with E-state index in [1.165, 1.54) is 0 Å². The molecule has 42 heavy (non-hydrogen) atoms. The van der Waals surface area contributed by atoms with Crippen molar-refractivity contribution in [2.75, 3.05) is 13.2 Å². The molecule has 0 unspecified atom stereocenters. The number of urea groups is 1. The topological polar surface area (TPSA) is 59.6 Å². The molecule has 5 nitrogen and oxygen atoms in total. The van der Waals surface area contributed by atoms with Crippen molar-refractivity contribution in [1.82, 2.24) is 10.6 Å². The maximum atomic E-state index is 13.0. The van der Waals surface area contributed by atoms with Crippen LogP contribution in [0.3, 0.4) is 0 Å². The van der Waals surface area contributed by atoms with Crippen molar-refractivity contribution in [2.24, 2.45) is 0 Å². The first-order valence-electron chi connectivity index (χ1n) is 15.0. The van der Waals surface area contributed by atoms with Crippen LogP contribution in [-0.4, -0.2) is 19.2 Å². The minimum absolute atomic E-state index is 0.133. The molecule has 0 aliphatic heterocycles. The van der Waals surface area contributed by atoms with Gasteiger partial charge in [0.2, 0.25) is 0 Å². The van der Waals surface area contributed by atoms with Crippen LogP contribution in [0.5, 0.6) is 11.5 Å². The summed E-state index contributed by atoms with van der Waals surface area (Å²) < 4.78 is 12.4. The Balaban J connectivity index is 2.34. The predicted molar refractivity (Wildman–Crippen MR) is 178 cm³/mol. The Labute approximate surface area is 256 Å². The van der Waals surface area contributed by atoms with Crippen molar-refractivity contribution in [1.29, 1.82) is 0 Å². The summed E-state index contributed by atoms with van der Waals surface area (Å²) in [6, 6.07) is 8.41. The van der Waals surface area contributed by atoms with Gasteiger partial charge < -0.3 is 20.1 Å². The van der Waals surface area contributed by atoms with E-state index in [0.717, 1.165) is 44.9 Å². The Kier molecular flexibility index (Phi) is 11.2. The van der Waals surface area contributed by atoms with Gasteiger partial charge in [0.1, 0.15) is 24.7 Å². The predicted octanol–water partition coefficient (Wildman–Crippen LogP) is 9.01. The summed E-state index contributed by atoms with van der Waals surface area (Å²) in [6.45, 7) is 35.6. The van der Waals surface area contributed by atoms with Gasteiger partial charge in [0.25, 0.3) is 0 Å². The molecule has 2 aromatic rings. The van der Waals surface area contributed by atoms with Gasteiger partial charge in [-0.3, -0.25) is 0 Å². The molecule has 0 aliphatic rings. The lowest BCUT2D eigenvalue weighted by molar-refractivity contribution is 0.240. The number of benzene rings is 2. The number of carbonyl (C=O) groups is 1. The molecule has 0 fully saturated rings. The van der Waals surface area contributed by atoms with Crippen molar-refractivity contribution >= 4 is 6.03 Å². The molecule has 0 radical (unpaired) electrons. The third-order valence-electron chi connectivity index (χ3n) is 7.13. The smallest absolute Gasteiger partial charge is 0.315 e. The largest absolute Gasteiger partial charge is 0.489 e. The Morgan fingerprint density at radius 3 is 1.07 bits per heavy atom. The summed E-state index contributed by atoms with van der Waals surface area (Å²) in [5.74, 6) is 1.82. The number of carbonyl (C=O) groups excluding carboxylic acids is 1. The van der Waals surface area contributed by atoms with E-state index in [1.807, 2.05) is 0 Å². The highest BCUT2D eigenvalue weighted by Crippen LogP contribution is 2.42. The normalized spacial score (nSPS) is 12.5. The molecule has 0 saturated heterocycles. The molecular weight excluding hydrogens is 520 g/mol. The molecule has 0 aromatic heterocycles. The number of hydrogen-bond donors (Lipinski definition) is 2. The van der Waals surface area contributed by atoms with Crippen LogP contribution in [0.2, 0.25) is 0 Å². The van der Waals surface area contributed by atoms with E-state index in [4.69, 9.17) is 9.47 Å². The van der Waals surface area contributed by atoms with Gasteiger partial charge in [-0.25, -0.2) is 4.79 Å². The third kappa shape index (κ3) is 9.40. The van der Waals surface area contributed by atoms with Crippen molar-refractivity contribution in [2.45, 2.75) is 118 Å². The SMILES string of the molecule is C=CCOc1c(C(C)(C)C)cc(CNC(=O)NCc2cc(C(C)(C)C)c(OCC=C)c(C(C)(C)C)c2)cc1C(C)(C)C. The fourth-order valence-electron chi connectivity index (χ4n) is 4.83. The van der Waals surface area contributed by atoms with Crippen LogP contribution in [0.4, 0.5) is 4.79 Å². The average Bonchev–Trinajstić information content (AvgIpc) is 2.85. The van der Waals surface area contributed by atoms with Crippen LogP contribution in [0.1, 0.15) is 116 Å². The molecule has 2 amide bonds. The van der Waals surface area contributed by atoms with E-state index in [9.17, 15) is 4.79 Å². The fourth-order valence-corrected chi connectivity index (χ4v) is 4.83. The Morgan fingerprint density at radius 1 is 0.595 bits per heavy atom. The molecule has 0 bridgehead atoms. The Morgan fingerprint density at radius 2 is 0.857 bits per heavy atom. The number of hydrogen-bond acceptors (Lipinski definition) is 3. The molecule has 5 heteroatoms. The van der Waals surface area contributed by atoms with Crippen molar-refractivity contribution < 1.29 is 14.3 Å². The molecule has 2 aromatic carbocycles. The molecular formula is C37H56N2O3. The van der Waals surface area contributed by atoms with Gasteiger partial charge in [0.05, 0.1) is 0 Å². The van der Waals surface area contributed by atoms with E-state index in [2.05, 4.69) is 131 Å². The Hall–Kier alpha value is -3.21. The lowest BCUT2D eigenvalue weighted by Crippen LogP contribution is -2.35. The van der Waals surface area contributed by atoms with Gasteiger partial charge in [0, 0.05) is 35.3 Å². The average molecular weight is 577 g/mol. The standard InChI is InChI=1S/C37H56N2O3/c1-15-17-41-31-27(34(3,4)5)19-25(20-28(31)35(6,7)8)23-38-33(40)39-24-26-21-29(36(9,10)11)32(42-18-16-2)30(22-26)37(12,13)14/h15-16,19-22H,1-2,17-18,23-24H2,3-14H3,(H2,38,39,40). The van der Waals surface area contributed by atoms with Gasteiger partial charge in [-0.2, -0.15) is 0 Å². The number of ether oxygens (including phenoxy) is 2. The van der Waals surface area contributed by atoms with Crippen molar-refractivity contribution in [3.05, 3.63) is 83.0 Å². The summed E-state index contributed by atoms with van der Waals surface area (Å²) in [5.41, 5.74) is 6.04. The Bertz CT molecular complexity index is 1090. The van der Waals surface area contributed by atoms with Crippen LogP contribution >= 0.6 is 0 Å². The lowest BCUT2D eigenvalue weighted by Gasteiger charge is -2.30. The fraction of sp³-hybridized carbons (Fsp3) is 0.541. The van der Waals surface area contributed by atoms with E-state index < -0.39 is 0 Å². The molecule has 0 heterocycles. The third-order valence-corrected chi connectivity index (χ3v) is 7.13. The van der Waals surface area contributed by atoms with E-state index >= 15 is 0 Å². The van der Waals surface area contributed by atoms with Crippen molar-refractivity contribution in [3.63, 3.8) is 0 Å². The minimum atomic E-state index is -0.210. The lowest BCUT2D eigenvalue weighted by atomic mass is 9.78. The van der Waals surface area contributed by atoms with Crippen LogP contribution < -0.4 is 20.1 Å². The van der Waals surface area contributed by atoms with Crippen LogP contribution in [0.15, 0.2) is 49.6 Å². The van der Waals surface area contributed by atoms with Gasteiger partial charge in [-0.15, -0.1) is 0 Å². The van der Waals surface area contributed by atoms with Crippen LogP contribution in [0, 0.1) is 0 Å². The van der Waals surface area contributed by atoms with Gasteiger partial charge in [0.15, 0.2) is 0 Å². The number of rotatable bonds is 10. The molecule has 2 rings (SSSR count). The highest BCUT2D eigenvalue weighted by atomic mass is 16.5. The van der Waals surface area contributed by atoms with E-state index in [-0.39, 0.29) is 27.7 Å². The molecule has 0 spiro atoms. The zero-order chi connectivity index (χ0) is 32.1. The monoisotopic (exact) mass is 576 g/mol. The maximum absolute atomic E-state index is 13.0. The molecule has 2 N–H and O–H groups in total. The van der Waals surface area contributed by atoms with Crippen LogP contribution in [-0.2, 0) is 34.7 Å². The summed E-state index contributed by atoms with van der Waals surface area (Å²) in [4.78, 5) is 13.0. The maximum Gasteiger partial charge on any atom is 0.315 e. The quantitative estimate of drug-likeness (QED) is 0.278. The minimum Gasteiger partial charge on any atom is -0.489 e.